The van der Waals surface area contributed by atoms with Crippen LogP contribution in [0, 0.1) is 5.92 Å². The van der Waals surface area contributed by atoms with Crippen LogP contribution in [0.15, 0.2) is 54.7 Å². The highest BCUT2D eigenvalue weighted by molar-refractivity contribution is 7.80. The van der Waals surface area contributed by atoms with Gasteiger partial charge in [-0.1, -0.05) is 42.5 Å². The Hall–Kier alpha value is -2.73. The van der Waals surface area contributed by atoms with E-state index < -0.39 is 12.0 Å². The van der Waals surface area contributed by atoms with Crippen LogP contribution >= 0.6 is 12.6 Å². The highest BCUT2D eigenvalue weighted by atomic mass is 32.1. The van der Waals surface area contributed by atoms with Gasteiger partial charge in [0.1, 0.15) is 6.04 Å². The van der Waals surface area contributed by atoms with Crippen LogP contribution in [0.3, 0.4) is 0 Å². The summed E-state index contributed by atoms with van der Waals surface area (Å²) in [5, 5.41) is 13.4. The molecule has 6 heteroatoms. The maximum absolute atomic E-state index is 12.9. The molecular formula is C22H22N2O3S. The number of carboxylic acids is 1. The number of hydrogen-bond acceptors (Lipinski definition) is 3. The Morgan fingerprint density at radius 2 is 1.93 bits per heavy atom. The van der Waals surface area contributed by atoms with Gasteiger partial charge in [-0.05, 0) is 29.2 Å². The van der Waals surface area contributed by atoms with Crippen molar-refractivity contribution in [2.45, 2.75) is 24.8 Å². The predicted octanol–water partition coefficient (Wildman–Crippen LogP) is 3.17. The Kier molecular flexibility index (Phi) is 5.13. The van der Waals surface area contributed by atoms with Crippen molar-refractivity contribution in [2.75, 3.05) is 5.75 Å². The molecule has 0 radical (unpaired) electrons. The van der Waals surface area contributed by atoms with Crippen molar-refractivity contribution in [3.05, 3.63) is 71.4 Å². The first-order chi connectivity index (χ1) is 13.6. The maximum atomic E-state index is 12.9. The normalized spacial score (nSPS) is 17.4. The molecule has 0 bridgehead atoms. The van der Waals surface area contributed by atoms with E-state index in [0.717, 1.165) is 22.9 Å². The number of aromatic amines is 1. The van der Waals surface area contributed by atoms with Crippen LogP contribution in [-0.2, 0) is 22.4 Å². The summed E-state index contributed by atoms with van der Waals surface area (Å²) in [7, 11) is 0. The lowest BCUT2D eigenvalue weighted by atomic mass is 9.71. The summed E-state index contributed by atoms with van der Waals surface area (Å²) < 4.78 is 0. The smallest absolute Gasteiger partial charge is 0.326 e. The molecule has 1 aromatic heterocycles. The van der Waals surface area contributed by atoms with Gasteiger partial charge in [0.2, 0.25) is 5.91 Å². The fourth-order valence-electron chi connectivity index (χ4n) is 4.05. The summed E-state index contributed by atoms with van der Waals surface area (Å²) in [4.78, 5) is 27.9. The third kappa shape index (κ3) is 3.40. The van der Waals surface area contributed by atoms with E-state index in [2.05, 4.69) is 29.0 Å². The number of H-pyrrole nitrogens is 1. The van der Waals surface area contributed by atoms with Crippen molar-refractivity contribution in [1.29, 1.82) is 0 Å². The molecule has 0 saturated heterocycles. The third-order valence-electron chi connectivity index (χ3n) is 5.63. The molecule has 144 valence electrons. The number of hydrogen-bond donors (Lipinski definition) is 4. The van der Waals surface area contributed by atoms with Crippen molar-refractivity contribution in [1.82, 2.24) is 10.3 Å². The van der Waals surface area contributed by atoms with E-state index >= 15 is 0 Å². The first kappa shape index (κ1) is 18.6. The number of amides is 1. The number of rotatable bonds is 7. The highest BCUT2D eigenvalue weighted by Crippen LogP contribution is 2.40. The Labute approximate surface area is 168 Å². The number of benzene rings is 2. The van der Waals surface area contributed by atoms with Crippen LogP contribution < -0.4 is 5.32 Å². The summed E-state index contributed by atoms with van der Waals surface area (Å²) >= 11 is 4.37. The molecule has 4 rings (SSSR count). The molecule has 0 fully saturated rings. The third-order valence-corrected chi connectivity index (χ3v) is 6.02. The van der Waals surface area contributed by atoms with Crippen molar-refractivity contribution in [2.24, 2.45) is 5.92 Å². The minimum Gasteiger partial charge on any atom is -0.480 e. The number of carboxylic acid groups (broad SMARTS) is 1. The summed E-state index contributed by atoms with van der Waals surface area (Å²) in [6, 6.07) is 14.8. The van der Waals surface area contributed by atoms with Crippen molar-refractivity contribution in [3.63, 3.8) is 0 Å². The maximum Gasteiger partial charge on any atom is 0.326 e. The van der Waals surface area contributed by atoms with Crippen LogP contribution in [0.25, 0.3) is 10.9 Å². The predicted molar refractivity (Wildman–Crippen MR) is 112 cm³/mol. The number of fused-ring (bicyclic) bond motifs is 2. The Morgan fingerprint density at radius 1 is 1.18 bits per heavy atom. The number of carbonyl (C=O) groups excluding carboxylic acids is 1. The number of aliphatic carboxylic acids is 1. The Balaban J connectivity index is 1.50. The molecular weight excluding hydrogens is 372 g/mol. The number of carbonyl (C=O) groups is 2. The van der Waals surface area contributed by atoms with Crippen LogP contribution in [0.4, 0.5) is 0 Å². The largest absolute Gasteiger partial charge is 0.480 e. The average Bonchev–Trinajstić information content (AvgIpc) is 3.08. The molecule has 3 atom stereocenters. The number of thiol groups is 1. The van der Waals surface area contributed by atoms with Crippen molar-refractivity contribution in [3.8, 4) is 0 Å². The fraction of sp³-hybridized carbons (Fsp3) is 0.273. The van der Waals surface area contributed by atoms with Gasteiger partial charge in [0, 0.05) is 35.2 Å². The molecule has 1 aliphatic rings. The molecule has 1 amide bonds. The molecule has 1 heterocycles. The summed E-state index contributed by atoms with van der Waals surface area (Å²) in [6.45, 7) is 0. The van der Waals surface area contributed by atoms with Crippen LogP contribution in [0.5, 0.6) is 0 Å². The van der Waals surface area contributed by atoms with E-state index in [9.17, 15) is 14.7 Å². The second-order valence-corrected chi connectivity index (χ2v) is 7.63. The molecule has 3 N–H and O–H groups in total. The van der Waals surface area contributed by atoms with Crippen LogP contribution in [-0.4, -0.2) is 33.8 Å². The first-order valence-electron chi connectivity index (χ1n) is 9.35. The number of aromatic nitrogens is 1. The zero-order chi connectivity index (χ0) is 19.7. The second kappa shape index (κ2) is 7.72. The van der Waals surface area contributed by atoms with E-state index in [1.807, 2.05) is 48.7 Å². The average molecular weight is 394 g/mol. The minimum atomic E-state index is -1.04. The van der Waals surface area contributed by atoms with E-state index in [-0.39, 0.29) is 24.2 Å². The van der Waals surface area contributed by atoms with Gasteiger partial charge in [-0.2, -0.15) is 12.6 Å². The molecule has 0 saturated carbocycles. The van der Waals surface area contributed by atoms with Gasteiger partial charge in [0.25, 0.3) is 0 Å². The Morgan fingerprint density at radius 3 is 2.68 bits per heavy atom. The van der Waals surface area contributed by atoms with Crippen molar-refractivity contribution >= 4 is 35.4 Å². The fourth-order valence-corrected chi connectivity index (χ4v) is 4.47. The van der Waals surface area contributed by atoms with Gasteiger partial charge in [-0.15, -0.1) is 0 Å². The quantitative estimate of drug-likeness (QED) is 0.465. The molecule has 1 aliphatic carbocycles. The van der Waals surface area contributed by atoms with Crippen LogP contribution in [0.2, 0.25) is 0 Å². The van der Waals surface area contributed by atoms with Gasteiger partial charge in [0.05, 0.1) is 5.92 Å². The zero-order valence-electron chi connectivity index (χ0n) is 15.3. The molecule has 28 heavy (non-hydrogen) atoms. The SMILES string of the molecule is O=C(O)[C@H](Cc1c[nH]c2ccccc12)NC(=O)[C@H](CS)[C@@H]1Cc2ccccc21. The van der Waals surface area contributed by atoms with Gasteiger partial charge in [-0.3, -0.25) is 4.79 Å². The van der Waals surface area contributed by atoms with E-state index in [1.165, 1.54) is 11.1 Å². The first-order valence-corrected chi connectivity index (χ1v) is 9.98. The lowest BCUT2D eigenvalue weighted by molar-refractivity contribution is -0.142. The highest BCUT2D eigenvalue weighted by Gasteiger charge is 2.37. The van der Waals surface area contributed by atoms with Gasteiger partial charge in [-0.25, -0.2) is 4.79 Å². The lowest BCUT2D eigenvalue weighted by Crippen LogP contribution is -2.47. The summed E-state index contributed by atoms with van der Waals surface area (Å²) in [5.74, 6) is -1.16. The number of nitrogens with one attached hydrogen (secondary N) is 2. The Bertz CT molecular complexity index is 1030. The van der Waals surface area contributed by atoms with Gasteiger partial charge >= 0.3 is 5.97 Å². The zero-order valence-corrected chi connectivity index (χ0v) is 16.2. The molecule has 3 aromatic rings. The van der Waals surface area contributed by atoms with E-state index in [1.54, 1.807) is 0 Å². The molecule has 0 spiro atoms. The monoisotopic (exact) mass is 394 g/mol. The molecule has 2 aromatic carbocycles. The molecule has 5 nitrogen and oxygen atoms in total. The van der Waals surface area contributed by atoms with Crippen LogP contribution in [0.1, 0.15) is 22.6 Å². The van der Waals surface area contributed by atoms with E-state index in [0.29, 0.717) is 5.75 Å². The van der Waals surface area contributed by atoms with Gasteiger partial charge in [0.15, 0.2) is 0 Å². The standard InChI is InChI=1S/C22H22N2O3S/c25-21(18(12-28)17-9-13-5-1-2-6-15(13)17)24-20(22(26)27)10-14-11-23-19-8-4-3-7-16(14)19/h1-8,11,17-18,20,23,28H,9-10,12H2,(H,24,25)(H,26,27)/t17-,18-,20+/m1/s1. The van der Waals surface area contributed by atoms with Crippen molar-refractivity contribution < 1.29 is 14.7 Å². The topological polar surface area (TPSA) is 82.2 Å². The molecule has 0 unspecified atom stereocenters. The summed E-state index contributed by atoms with van der Waals surface area (Å²) in [6.07, 6.45) is 2.87. The lowest BCUT2D eigenvalue weighted by Gasteiger charge is -2.35. The van der Waals surface area contributed by atoms with E-state index in [4.69, 9.17) is 0 Å². The summed E-state index contributed by atoms with van der Waals surface area (Å²) in [5.41, 5.74) is 4.24. The number of para-hydroxylation sites is 1. The second-order valence-electron chi connectivity index (χ2n) is 7.26. The minimum absolute atomic E-state index is 0.0937. The van der Waals surface area contributed by atoms with Gasteiger partial charge < -0.3 is 15.4 Å². The molecule has 0 aliphatic heterocycles.